The van der Waals surface area contributed by atoms with E-state index in [2.05, 4.69) is 28.4 Å². The fourth-order valence-electron chi connectivity index (χ4n) is 2.41. The summed E-state index contributed by atoms with van der Waals surface area (Å²) < 4.78 is 15.9. The summed E-state index contributed by atoms with van der Waals surface area (Å²) in [5.74, 6) is 0.959. The number of nitrogens with one attached hydrogen (secondary N) is 1. The van der Waals surface area contributed by atoms with Crippen molar-refractivity contribution in [3.63, 3.8) is 0 Å². The van der Waals surface area contributed by atoms with E-state index in [9.17, 15) is 0 Å². The van der Waals surface area contributed by atoms with Gasteiger partial charge >= 0.3 is 0 Å². The molecule has 21 heavy (non-hydrogen) atoms. The molecule has 1 aliphatic heterocycles. The molecule has 0 saturated carbocycles. The van der Waals surface area contributed by atoms with Crippen molar-refractivity contribution in [1.29, 1.82) is 0 Å². The van der Waals surface area contributed by atoms with Gasteiger partial charge in [-0.15, -0.1) is 0 Å². The van der Waals surface area contributed by atoms with Crippen LogP contribution >= 0.6 is 0 Å². The first-order chi connectivity index (χ1) is 10.3. The molecule has 5 nitrogen and oxygen atoms in total. The Bertz CT molecular complexity index is 418. The van der Waals surface area contributed by atoms with Crippen LogP contribution in [0.4, 0.5) is 5.69 Å². The second kappa shape index (κ2) is 8.87. The van der Waals surface area contributed by atoms with Crippen LogP contribution in [0.3, 0.4) is 0 Å². The molecule has 5 heteroatoms. The summed E-state index contributed by atoms with van der Waals surface area (Å²) in [6.45, 7) is 6.01. The van der Waals surface area contributed by atoms with Crippen LogP contribution < -0.4 is 10.1 Å². The van der Waals surface area contributed by atoms with Gasteiger partial charge in [-0.05, 0) is 24.1 Å². The van der Waals surface area contributed by atoms with Crippen LogP contribution in [0.15, 0.2) is 18.2 Å². The molecule has 0 saturated heterocycles. The number of nitrogens with zero attached hydrogens (tertiary/aromatic N) is 1. The number of fused-ring (bicyclic) bond motifs is 1. The minimum absolute atomic E-state index is 0.744. The molecular weight excluding hydrogens is 268 g/mol. The molecule has 1 N–H and O–H groups in total. The van der Waals surface area contributed by atoms with Gasteiger partial charge in [-0.3, -0.25) is 4.90 Å². The first-order valence-corrected chi connectivity index (χ1v) is 7.53. The number of ether oxygens (including phenoxy) is 3. The van der Waals surface area contributed by atoms with Gasteiger partial charge in [-0.25, -0.2) is 0 Å². The van der Waals surface area contributed by atoms with Crippen molar-refractivity contribution in [1.82, 2.24) is 4.90 Å². The lowest BCUT2D eigenvalue weighted by molar-refractivity contribution is 0.115. The molecule has 0 atom stereocenters. The lowest BCUT2D eigenvalue weighted by Gasteiger charge is -2.23. The third kappa shape index (κ3) is 5.19. The maximum absolute atomic E-state index is 5.60. The highest BCUT2D eigenvalue weighted by atomic mass is 16.5. The van der Waals surface area contributed by atoms with E-state index in [-0.39, 0.29) is 0 Å². The van der Waals surface area contributed by atoms with Gasteiger partial charge in [0.15, 0.2) is 0 Å². The third-order valence-corrected chi connectivity index (χ3v) is 3.66. The van der Waals surface area contributed by atoms with E-state index < -0.39 is 0 Å². The fraction of sp³-hybridized carbons (Fsp3) is 0.625. The molecule has 0 amide bonds. The highest BCUT2D eigenvalue weighted by molar-refractivity contribution is 5.59. The smallest absolute Gasteiger partial charge is 0.142 e. The van der Waals surface area contributed by atoms with Crippen LogP contribution in [-0.2, 0) is 15.9 Å². The van der Waals surface area contributed by atoms with Gasteiger partial charge < -0.3 is 19.5 Å². The zero-order valence-corrected chi connectivity index (χ0v) is 13.1. The van der Waals surface area contributed by atoms with E-state index >= 15 is 0 Å². The second-order valence-electron chi connectivity index (χ2n) is 5.18. The summed E-state index contributed by atoms with van der Waals surface area (Å²) in [5.41, 5.74) is 2.44. The van der Waals surface area contributed by atoms with Crippen LogP contribution in [0.25, 0.3) is 0 Å². The van der Waals surface area contributed by atoms with Gasteiger partial charge in [0, 0.05) is 40.4 Å². The van der Waals surface area contributed by atoms with E-state index in [1.807, 2.05) is 0 Å². The average Bonchev–Trinajstić information content (AvgIpc) is 2.54. The number of hydrogen-bond donors (Lipinski definition) is 1. The predicted molar refractivity (Wildman–Crippen MR) is 84.3 cm³/mol. The Labute approximate surface area is 127 Å². The van der Waals surface area contributed by atoms with Crippen molar-refractivity contribution >= 4 is 5.69 Å². The Kier molecular flexibility index (Phi) is 6.79. The molecule has 0 fully saturated rings. The van der Waals surface area contributed by atoms with E-state index in [1.165, 1.54) is 5.56 Å². The van der Waals surface area contributed by atoms with E-state index in [1.54, 1.807) is 14.2 Å². The molecule has 0 aliphatic carbocycles. The molecule has 1 aliphatic rings. The Morgan fingerprint density at radius 3 is 2.62 bits per heavy atom. The fourth-order valence-corrected chi connectivity index (χ4v) is 2.41. The van der Waals surface area contributed by atoms with Crippen LogP contribution in [0.1, 0.15) is 5.56 Å². The SMILES string of the molecule is COCCN(CCOC)CCc1ccc2c(c1)NCCO2. The standard InChI is InChI=1S/C16H26N2O3/c1-19-11-8-18(9-12-20-2)7-5-14-3-4-16-15(13-14)17-6-10-21-16/h3-4,13,17H,5-12H2,1-2H3. The minimum Gasteiger partial charge on any atom is -0.490 e. The maximum atomic E-state index is 5.60. The van der Waals surface area contributed by atoms with Crippen molar-refractivity contribution in [3.05, 3.63) is 23.8 Å². The molecule has 1 aromatic rings. The highest BCUT2D eigenvalue weighted by Crippen LogP contribution is 2.28. The zero-order chi connectivity index (χ0) is 14.9. The topological polar surface area (TPSA) is 43.0 Å². The number of benzene rings is 1. The molecule has 0 aromatic heterocycles. The molecule has 0 unspecified atom stereocenters. The number of rotatable bonds is 9. The van der Waals surface area contributed by atoms with Gasteiger partial charge in [0.1, 0.15) is 12.4 Å². The van der Waals surface area contributed by atoms with Gasteiger partial charge in [0.25, 0.3) is 0 Å². The Morgan fingerprint density at radius 2 is 1.90 bits per heavy atom. The van der Waals surface area contributed by atoms with Crippen LogP contribution in [0, 0.1) is 0 Å². The van der Waals surface area contributed by atoms with Gasteiger partial charge in [-0.1, -0.05) is 6.07 Å². The first kappa shape index (κ1) is 16.1. The van der Waals surface area contributed by atoms with E-state index in [4.69, 9.17) is 14.2 Å². The Morgan fingerprint density at radius 1 is 1.14 bits per heavy atom. The third-order valence-electron chi connectivity index (χ3n) is 3.66. The van der Waals surface area contributed by atoms with Crippen molar-refractivity contribution in [2.45, 2.75) is 6.42 Å². The lowest BCUT2D eigenvalue weighted by Crippen LogP contribution is -2.32. The highest BCUT2D eigenvalue weighted by Gasteiger charge is 2.10. The predicted octanol–water partition coefficient (Wildman–Crippen LogP) is 1.63. The number of hydrogen-bond acceptors (Lipinski definition) is 5. The quantitative estimate of drug-likeness (QED) is 0.750. The molecule has 1 aromatic carbocycles. The van der Waals surface area contributed by atoms with Gasteiger partial charge in [0.05, 0.1) is 18.9 Å². The summed E-state index contributed by atoms with van der Waals surface area (Å²) in [5, 5.41) is 3.38. The van der Waals surface area contributed by atoms with Crippen molar-refractivity contribution < 1.29 is 14.2 Å². The number of methoxy groups -OCH3 is 2. The average molecular weight is 294 g/mol. The largest absolute Gasteiger partial charge is 0.490 e. The lowest BCUT2D eigenvalue weighted by atomic mass is 10.1. The molecule has 0 radical (unpaired) electrons. The van der Waals surface area contributed by atoms with E-state index in [0.29, 0.717) is 0 Å². The summed E-state index contributed by atoms with van der Waals surface area (Å²) in [6.07, 6.45) is 1.02. The molecule has 1 heterocycles. The van der Waals surface area contributed by atoms with Crippen LogP contribution in [-0.4, -0.2) is 65.1 Å². The Hall–Kier alpha value is -1.30. The van der Waals surface area contributed by atoms with Gasteiger partial charge in [0.2, 0.25) is 0 Å². The summed E-state index contributed by atoms with van der Waals surface area (Å²) in [6, 6.07) is 6.40. The van der Waals surface area contributed by atoms with E-state index in [0.717, 1.165) is 63.9 Å². The van der Waals surface area contributed by atoms with Gasteiger partial charge in [-0.2, -0.15) is 0 Å². The molecule has 0 spiro atoms. The zero-order valence-electron chi connectivity index (χ0n) is 13.1. The molecule has 0 bridgehead atoms. The summed E-state index contributed by atoms with van der Waals surface area (Å²) >= 11 is 0. The van der Waals surface area contributed by atoms with Crippen molar-refractivity contribution in [3.8, 4) is 5.75 Å². The maximum Gasteiger partial charge on any atom is 0.142 e. The van der Waals surface area contributed by atoms with Crippen molar-refractivity contribution in [2.75, 3.05) is 65.5 Å². The normalized spacial score (nSPS) is 13.7. The monoisotopic (exact) mass is 294 g/mol. The second-order valence-corrected chi connectivity index (χ2v) is 5.18. The first-order valence-electron chi connectivity index (χ1n) is 7.53. The summed E-state index contributed by atoms with van der Waals surface area (Å²) in [4.78, 5) is 2.37. The molecule has 2 rings (SSSR count). The van der Waals surface area contributed by atoms with Crippen LogP contribution in [0.5, 0.6) is 5.75 Å². The molecule has 118 valence electrons. The van der Waals surface area contributed by atoms with Crippen molar-refractivity contribution in [2.24, 2.45) is 0 Å². The Balaban J connectivity index is 1.87. The minimum atomic E-state index is 0.744. The molecular formula is C16H26N2O3. The summed E-state index contributed by atoms with van der Waals surface area (Å²) in [7, 11) is 3.48. The van der Waals surface area contributed by atoms with Crippen LogP contribution in [0.2, 0.25) is 0 Å². The number of anilines is 1.